The molecule has 3 nitrogen and oxygen atoms in total. The lowest BCUT2D eigenvalue weighted by Crippen LogP contribution is -2.31. The van der Waals surface area contributed by atoms with Gasteiger partial charge < -0.3 is 10.2 Å². The summed E-state index contributed by atoms with van der Waals surface area (Å²) in [5, 5.41) is 18.7. The number of aliphatic carboxylic acids is 1. The van der Waals surface area contributed by atoms with E-state index >= 15 is 0 Å². The number of carbonyl (C=O) groups is 1. The summed E-state index contributed by atoms with van der Waals surface area (Å²) in [5.74, 6) is -0.728. The Morgan fingerprint density at radius 1 is 1.69 bits per heavy atom. The molecule has 0 saturated carbocycles. The summed E-state index contributed by atoms with van der Waals surface area (Å²) in [6, 6.07) is 0. The Balaban J connectivity index is 2.75. The Kier molecular flexibility index (Phi) is 2.76. The summed E-state index contributed by atoms with van der Waals surface area (Å²) < 4.78 is 0. The van der Waals surface area contributed by atoms with Gasteiger partial charge in [-0.05, 0) is 32.1 Å². The van der Waals surface area contributed by atoms with E-state index in [2.05, 4.69) is 0 Å². The SMILES string of the molecule is C[C@@H]1CC=C(C(=O)O)CC[C@]1(C)O. The van der Waals surface area contributed by atoms with E-state index < -0.39 is 11.6 Å². The number of hydrogen-bond acceptors (Lipinski definition) is 2. The van der Waals surface area contributed by atoms with Gasteiger partial charge in [-0.3, -0.25) is 0 Å². The van der Waals surface area contributed by atoms with Crippen LogP contribution in [-0.2, 0) is 4.79 Å². The van der Waals surface area contributed by atoms with Gasteiger partial charge in [-0.15, -0.1) is 0 Å². The minimum absolute atomic E-state index is 0.129. The molecule has 2 N–H and O–H groups in total. The lowest BCUT2D eigenvalue weighted by atomic mass is 9.86. The number of allylic oxidation sites excluding steroid dienone is 1. The molecule has 0 aromatic heterocycles. The van der Waals surface area contributed by atoms with E-state index in [-0.39, 0.29) is 5.92 Å². The standard InChI is InChI=1S/C10H16O3/c1-7-3-4-8(9(11)12)5-6-10(7,2)13/h4,7,13H,3,5-6H2,1-2H3,(H,11,12)/t7-,10+/m1/s1. The third-order valence-corrected chi connectivity index (χ3v) is 2.95. The summed E-state index contributed by atoms with van der Waals surface area (Å²) in [6.07, 6.45) is 3.38. The van der Waals surface area contributed by atoms with Gasteiger partial charge in [0.15, 0.2) is 0 Å². The van der Waals surface area contributed by atoms with E-state index in [0.717, 1.165) is 0 Å². The summed E-state index contributed by atoms with van der Waals surface area (Å²) in [5.41, 5.74) is -0.294. The Morgan fingerprint density at radius 2 is 2.31 bits per heavy atom. The average molecular weight is 184 g/mol. The van der Waals surface area contributed by atoms with Crippen molar-refractivity contribution in [3.05, 3.63) is 11.6 Å². The van der Waals surface area contributed by atoms with Crippen molar-refractivity contribution in [2.24, 2.45) is 5.92 Å². The number of carboxylic acids is 1. The minimum atomic E-state index is -0.857. The van der Waals surface area contributed by atoms with Crippen LogP contribution in [0.2, 0.25) is 0 Å². The highest BCUT2D eigenvalue weighted by Gasteiger charge is 2.30. The lowest BCUT2D eigenvalue weighted by Gasteiger charge is -2.27. The second-order valence-corrected chi connectivity index (χ2v) is 4.03. The number of rotatable bonds is 1. The topological polar surface area (TPSA) is 57.5 Å². The predicted octanol–water partition coefficient (Wildman–Crippen LogP) is 1.57. The molecule has 0 fully saturated rings. The van der Waals surface area contributed by atoms with Gasteiger partial charge in [0.2, 0.25) is 0 Å². The second kappa shape index (κ2) is 3.50. The smallest absolute Gasteiger partial charge is 0.331 e. The van der Waals surface area contributed by atoms with Gasteiger partial charge in [-0.25, -0.2) is 4.79 Å². The Bertz CT molecular complexity index is 241. The van der Waals surface area contributed by atoms with Crippen LogP contribution in [0.1, 0.15) is 33.1 Å². The fourth-order valence-electron chi connectivity index (χ4n) is 1.50. The maximum Gasteiger partial charge on any atom is 0.331 e. The predicted molar refractivity (Wildman–Crippen MR) is 49.4 cm³/mol. The second-order valence-electron chi connectivity index (χ2n) is 4.03. The monoisotopic (exact) mass is 184 g/mol. The van der Waals surface area contributed by atoms with E-state index in [0.29, 0.717) is 24.8 Å². The lowest BCUT2D eigenvalue weighted by molar-refractivity contribution is -0.132. The molecule has 1 aliphatic carbocycles. The van der Waals surface area contributed by atoms with Crippen molar-refractivity contribution in [2.75, 3.05) is 0 Å². The number of aliphatic hydroxyl groups is 1. The maximum absolute atomic E-state index is 10.7. The van der Waals surface area contributed by atoms with Crippen LogP contribution in [0.15, 0.2) is 11.6 Å². The van der Waals surface area contributed by atoms with Gasteiger partial charge in [0, 0.05) is 5.57 Å². The molecular weight excluding hydrogens is 168 g/mol. The molecule has 0 spiro atoms. The van der Waals surface area contributed by atoms with E-state index in [4.69, 9.17) is 5.11 Å². The van der Waals surface area contributed by atoms with Gasteiger partial charge in [0.05, 0.1) is 5.60 Å². The third-order valence-electron chi connectivity index (χ3n) is 2.95. The first-order valence-electron chi connectivity index (χ1n) is 4.58. The molecule has 0 saturated heterocycles. The zero-order valence-electron chi connectivity index (χ0n) is 8.08. The molecule has 0 aliphatic heterocycles. The fourth-order valence-corrected chi connectivity index (χ4v) is 1.50. The van der Waals surface area contributed by atoms with Crippen LogP contribution in [0.25, 0.3) is 0 Å². The van der Waals surface area contributed by atoms with Gasteiger partial charge in [0.25, 0.3) is 0 Å². The van der Waals surface area contributed by atoms with Gasteiger partial charge in [0.1, 0.15) is 0 Å². The molecule has 0 unspecified atom stereocenters. The molecule has 2 atom stereocenters. The van der Waals surface area contributed by atoms with Gasteiger partial charge in [-0.1, -0.05) is 13.0 Å². The molecule has 13 heavy (non-hydrogen) atoms. The zero-order valence-corrected chi connectivity index (χ0v) is 8.08. The van der Waals surface area contributed by atoms with Crippen LogP contribution in [0.5, 0.6) is 0 Å². The third kappa shape index (κ3) is 2.31. The quantitative estimate of drug-likeness (QED) is 0.650. The number of hydrogen-bond donors (Lipinski definition) is 2. The summed E-state index contributed by atoms with van der Waals surface area (Å²) in [6.45, 7) is 3.72. The normalized spacial score (nSPS) is 35.0. The van der Waals surface area contributed by atoms with Crippen molar-refractivity contribution < 1.29 is 15.0 Å². The maximum atomic E-state index is 10.7. The van der Waals surface area contributed by atoms with Crippen molar-refractivity contribution in [1.82, 2.24) is 0 Å². The molecule has 1 aliphatic rings. The van der Waals surface area contributed by atoms with Crippen LogP contribution >= 0.6 is 0 Å². The Labute approximate surface area is 78.1 Å². The van der Waals surface area contributed by atoms with Crippen molar-refractivity contribution in [3.63, 3.8) is 0 Å². The molecule has 0 aromatic carbocycles. The average Bonchev–Trinajstić information content (AvgIpc) is 2.13. The van der Waals surface area contributed by atoms with Crippen molar-refractivity contribution in [3.8, 4) is 0 Å². The molecule has 0 aromatic rings. The van der Waals surface area contributed by atoms with E-state index in [1.807, 2.05) is 6.92 Å². The van der Waals surface area contributed by atoms with Crippen molar-refractivity contribution in [2.45, 2.75) is 38.7 Å². The van der Waals surface area contributed by atoms with Crippen LogP contribution in [0.4, 0.5) is 0 Å². The number of carboxylic acid groups (broad SMARTS) is 1. The molecule has 0 bridgehead atoms. The molecule has 74 valence electrons. The molecule has 0 radical (unpaired) electrons. The van der Waals surface area contributed by atoms with E-state index in [9.17, 15) is 9.90 Å². The Morgan fingerprint density at radius 3 is 2.85 bits per heavy atom. The van der Waals surface area contributed by atoms with E-state index in [1.54, 1.807) is 13.0 Å². The van der Waals surface area contributed by atoms with Crippen LogP contribution in [0, 0.1) is 5.92 Å². The van der Waals surface area contributed by atoms with E-state index in [1.165, 1.54) is 0 Å². The zero-order chi connectivity index (χ0) is 10.1. The van der Waals surface area contributed by atoms with Crippen LogP contribution in [-0.4, -0.2) is 21.8 Å². The molecule has 1 rings (SSSR count). The Hall–Kier alpha value is -0.830. The highest BCUT2D eigenvalue weighted by atomic mass is 16.4. The first-order valence-corrected chi connectivity index (χ1v) is 4.58. The van der Waals surface area contributed by atoms with Crippen molar-refractivity contribution >= 4 is 5.97 Å². The highest BCUT2D eigenvalue weighted by Crippen LogP contribution is 2.31. The molecule has 0 amide bonds. The summed E-state index contributed by atoms with van der Waals surface area (Å²) in [7, 11) is 0. The van der Waals surface area contributed by atoms with Gasteiger partial charge in [-0.2, -0.15) is 0 Å². The first kappa shape index (κ1) is 10.3. The van der Waals surface area contributed by atoms with Crippen LogP contribution < -0.4 is 0 Å². The first-order chi connectivity index (χ1) is 5.93. The fraction of sp³-hybridized carbons (Fsp3) is 0.700. The molecule has 3 heteroatoms. The van der Waals surface area contributed by atoms with Gasteiger partial charge >= 0.3 is 5.97 Å². The van der Waals surface area contributed by atoms with Crippen molar-refractivity contribution in [1.29, 1.82) is 0 Å². The summed E-state index contributed by atoms with van der Waals surface area (Å²) in [4.78, 5) is 10.7. The largest absolute Gasteiger partial charge is 0.478 e. The minimum Gasteiger partial charge on any atom is -0.478 e. The molecule has 0 heterocycles. The van der Waals surface area contributed by atoms with Crippen LogP contribution in [0.3, 0.4) is 0 Å². The highest BCUT2D eigenvalue weighted by molar-refractivity contribution is 5.86. The molecular formula is C10H16O3. The summed E-state index contributed by atoms with van der Waals surface area (Å²) >= 11 is 0.